The predicted octanol–water partition coefficient (Wildman–Crippen LogP) is 0.964. The van der Waals surface area contributed by atoms with Gasteiger partial charge < -0.3 is 15.2 Å². The zero-order valence-corrected chi connectivity index (χ0v) is 13.4. The topological polar surface area (TPSA) is 90.7 Å². The summed E-state index contributed by atoms with van der Waals surface area (Å²) in [6.07, 6.45) is -0.414. The van der Waals surface area contributed by atoms with Gasteiger partial charge in [-0.2, -0.15) is 0 Å². The van der Waals surface area contributed by atoms with E-state index in [9.17, 15) is 12.8 Å². The quantitative estimate of drug-likeness (QED) is 0.730. The van der Waals surface area contributed by atoms with Crippen LogP contribution in [0.3, 0.4) is 0 Å². The fourth-order valence-electron chi connectivity index (χ4n) is 2.02. The monoisotopic (exact) mass is 320 g/mol. The lowest BCUT2D eigenvalue weighted by atomic mass is 10.1. The Balaban J connectivity index is 3.07. The molecular formula is C13H21FN2O4S. The molecule has 0 aliphatic heterocycles. The highest BCUT2D eigenvalue weighted by Gasteiger charge is 2.23. The molecule has 120 valence electrons. The number of nitrogens with two attached hydrogens (primary N) is 1. The Bertz CT molecular complexity index is 605. The number of hydrogen-bond donors (Lipinski definition) is 2. The molecule has 0 fully saturated rings. The summed E-state index contributed by atoms with van der Waals surface area (Å²) in [6, 6.07) is 1.11. The van der Waals surface area contributed by atoms with Gasteiger partial charge in [0.1, 0.15) is 5.82 Å². The number of benzene rings is 1. The van der Waals surface area contributed by atoms with E-state index in [-0.39, 0.29) is 29.3 Å². The number of nitrogens with one attached hydrogen (secondary N) is 1. The molecule has 0 aliphatic carbocycles. The smallest absolute Gasteiger partial charge is 0.241 e. The van der Waals surface area contributed by atoms with E-state index < -0.39 is 21.9 Å². The highest BCUT2D eigenvalue weighted by molar-refractivity contribution is 7.89. The summed E-state index contributed by atoms with van der Waals surface area (Å²) in [7, 11) is -0.858. The minimum absolute atomic E-state index is 0.00586. The van der Waals surface area contributed by atoms with Crippen LogP contribution in [0.1, 0.15) is 11.1 Å². The first kappa shape index (κ1) is 17.8. The lowest BCUT2D eigenvalue weighted by molar-refractivity contribution is 0.0320. The summed E-state index contributed by atoms with van der Waals surface area (Å²) in [6.45, 7) is 3.29. The number of aryl methyl sites for hydroxylation is 1. The first-order chi connectivity index (χ1) is 9.74. The molecule has 0 amide bonds. The SMILES string of the molecule is COCC(CNS(=O)(=O)c1c(C)cc(F)c(N)c1C)OC. The lowest BCUT2D eigenvalue weighted by Gasteiger charge is -2.18. The first-order valence-electron chi connectivity index (χ1n) is 6.31. The zero-order valence-electron chi connectivity index (χ0n) is 12.6. The van der Waals surface area contributed by atoms with Gasteiger partial charge in [0.25, 0.3) is 0 Å². The third-order valence-corrected chi connectivity index (χ3v) is 4.87. The Morgan fingerprint density at radius 1 is 1.38 bits per heavy atom. The van der Waals surface area contributed by atoms with Gasteiger partial charge >= 0.3 is 0 Å². The van der Waals surface area contributed by atoms with E-state index in [1.807, 2.05) is 0 Å². The molecular weight excluding hydrogens is 299 g/mol. The van der Waals surface area contributed by atoms with Gasteiger partial charge in [0.15, 0.2) is 0 Å². The third-order valence-electron chi connectivity index (χ3n) is 3.16. The van der Waals surface area contributed by atoms with E-state index in [4.69, 9.17) is 15.2 Å². The van der Waals surface area contributed by atoms with Crippen molar-refractivity contribution < 1.29 is 22.3 Å². The van der Waals surface area contributed by atoms with Crippen LogP contribution in [0, 0.1) is 19.7 Å². The molecule has 0 bridgehead atoms. The number of hydrogen-bond acceptors (Lipinski definition) is 5. The molecule has 1 aromatic carbocycles. The van der Waals surface area contributed by atoms with Gasteiger partial charge in [-0.05, 0) is 31.0 Å². The molecule has 1 aromatic rings. The molecule has 0 radical (unpaired) electrons. The van der Waals surface area contributed by atoms with E-state index >= 15 is 0 Å². The van der Waals surface area contributed by atoms with Crippen LogP contribution >= 0.6 is 0 Å². The number of anilines is 1. The van der Waals surface area contributed by atoms with Crippen LogP contribution in [-0.4, -0.2) is 41.9 Å². The highest BCUT2D eigenvalue weighted by Crippen LogP contribution is 2.27. The fourth-order valence-corrected chi connectivity index (χ4v) is 3.56. The summed E-state index contributed by atoms with van der Waals surface area (Å²) < 4.78 is 50.7. The zero-order chi connectivity index (χ0) is 16.2. The molecule has 6 nitrogen and oxygen atoms in total. The van der Waals surface area contributed by atoms with Crippen molar-refractivity contribution in [2.45, 2.75) is 24.8 Å². The van der Waals surface area contributed by atoms with Crippen LogP contribution < -0.4 is 10.5 Å². The number of ether oxygens (including phenoxy) is 2. The molecule has 0 aliphatic rings. The average Bonchev–Trinajstić information content (AvgIpc) is 2.40. The Labute approximate surface area is 124 Å². The third kappa shape index (κ3) is 4.13. The van der Waals surface area contributed by atoms with E-state index in [1.54, 1.807) is 0 Å². The van der Waals surface area contributed by atoms with Crippen LogP contribution in [-0.2, 0) is 19.5 Å². The average molecular weight is 320 g/mol. The van der Waals surface area contributed by atoms with Crippen molar-refractivity contribution in [3.8, 4) is 0 Å². The maximum Gasteiger partial charge on any atom is 0.241 e. The normalized spacial score (nSPS) is 13.4. The van der Waals surface area contributed by atoms with Gasteiger partial charge in [-0.25, -0.2) is 17.5 Å². The summed E-state index contributed by atoms with van der Waals surface area (Å²) in [5, 5.41) is 0. The second-order valence-corrected chi connectivity index (χ2v) is 6.41. The molecule has 0 aromatic heterocycles. The molecule has 1 unspecified atom stereocenters. The van der Waals surface area contributed by atoms with Crippen molar-refractivity contribution in [1.82, 2.24) is 4.72 Å². The van der Waals surface area contributed by atoms with Gasteiger partial charge in [0.05, 0.1) is 23.3 Å². The van der Waals surface area contributed by atoms with Crippen LogP contribution in [0.15, 0.2) is 11.0 Å². The van der Waals surface area contributed by atoms with E-state index in [2.05, 4.69) is 4.72 Å². The standard InChI is InChI=1S/C13H21FN2O4S/c1-8-5-11(14)12(15)9(2)13(8)21(17,18)16-6-10(20-4)7-19-3/h5,10,16H,6-7,15H2,1-4H3. The molecule has 3 N–H and O–H groups in total. The van der Waals surface area contributed by atoms with Gasteiger partial charge in [-0.3, -0.25) is 0 Å². The Morgan fingerprint density at radius 2 is 2.00 bits per heavy atom. The molecule has 0 saturated carbocycles. The van der Waals surface area contributed by atoms with Crippen LogP contribution in [0.2, 0.25) is 0 Å². The second kappa shape index (κ2) is 7.17. The van der Waals surface area contributed by atoms with Crippen molar-refractivity contribution in [2.24, 2.45) is 0 Å². The number of sulfonamides is 1. The Morgan fingerprint density at radius 3 is 2.52 bits per heavy atom. The van der Waals surface area contributed by atoms with Gasteiger partial charge in [0, 0.05) is 20.8 Å². The van der Waals surface area contributed by atoms with E-state index in [1.165, 1.54) is 28.1 Å². The van der Waals surface area contributed by atoms with Crippen molar-refractivity contribution in [3.63, 3.8) is 0 Å². The Hall–Kier alpha value is -1.22. The van der Waals surface area contributed by atoms with Crippen molar-refractivity contribution in [1.29, 1.82) is 0 Å². The summed E-state index contributed by atoms with van der Waals surface area (Å²) in [5.74, 6) is -0.627. The maximum atomic E-state index is 13.5. The van der Waals surface area contributed by atoms with E-state index in [0.717, 1.165) is 6.07 Å². The first-order valence-corrected chi connectivity index (χ1v) is 7.79. The molecule has 1 rings (SSSR count). The minimum atomic E-state index is -3.82. The van der Waals surface area contributed by atoms with Crippen molar-refractivity contribution >= 4 is 15.7 Å². The number of rotatable bonds is 7. The lowest BCUT2D eigenvalue weighted by Crippen LogP contribution is -2.36. The molecule has 8 heteroatoms. The molecule has 21 heavy (non-hydrogen) atoms. The highest BCUT2D eigenvalue weighted by atomic mass is 32.2. The van der Waals surface area contributed by atoms with Crippen LogP contribution in [0.4, 0.5) is 10.1 Å². The molecule has 0 heterocycles. The van der Waals surface area contributed by atoms with Gasteiger partial charge in [-0.15, -0.1) is 0 Å². The number of methoxy groups -OCH3 is 2. The number of halogens is 1. The van der Waals surface area contributed by atoms with Crippen LogP contribution in [0.25, 0.3) is 0 Å². The van der Waals surface area contributed by atoms with Gasteiger partial charge in [-0.1, -0.05) is 0 Å². The fraction of sp³-hybridized carbons (Fsp3) is 0.538. The summed E-state index contributed by atoms with van der Waals surface area (Å²) in [4.78, 5) is -0.00586. The summed E-state index contributed by atoms with van der Waals surface area (Å²) in [5.41, 5.74) is 5.89. The number of nitrogen functional groups attached to an aromatic ring is 1. The predicted molar refractivity (Wildman–Crippen MR) is 78.1 cm³/mol. The summed E-state index contributed by atoms with van der Waals surface area (Å²) >= 11 is 0. The maximum absolute atomic E-state index is 13.5. The van der Waals surface area contributed by atoms with E-state index in [0.29, 0.717) is 5.56 Å². The van der Waals surface area contributed by atoms with Crippen LogP contribution in [0.5, 0.6) is 0 Å². The van der Waals surface area contributed by atoms with Crippen molar-refractivity contribution in [3.05, 3.63) is 23.0 Å². The second-order valence-electron chi connectivity index (χ2n) is 4.71. The molecule has 0 saturated heterocycles. The van der Waals surface area contributed by atoms with Crippen molar-refractivity contribution in [2.75, 3.05) is 33.1 Å². The molecule has 0 spiro atoms. The molecule has 1 atom stereocenters. The Kier molecular flexibility index (Phi) is 6.09. The largest absolute Gasteiger partial charge is 0.396 e. The minimum Gasteiger partial charge on any atom is -0.396 e. The van der Waals surface area contributed by atoms with Gasteiger partial charge in [0.2, 0.25) is 10.0 Å².